The number of benzene rings is 1. The summed E-state index contributed by atoms with van der Waals surface area (Å²) in [6.45, 7) is 11.0. The second kappa shape index (κ2) is 10.8. The summed E-state index contributed by atoms with van der Waals surface area (Å²) in [4.78, 5) is 15.0. The van der Waals surface area contributed by atoms with Crippen molar-refractivity contribution in [2.75, 3.05) is 39.9 Å². The van der Waals surface area contributed by atoms with Crippen molar-refractivity contribution in [3.63, 3.8) is 0 Å². The summed E-state index contributed by atoms with van der Waals surface area (Å²) >= 11 is 6.36. The number of hydrogen-bond acceptors (Lipinski definition) is 4. The van der Waals surface area contributed by atoms with E-state index in [1.54, 1.807) is 19.2 Å². The predicted octanol–water partition coefficient (Wildman–Crippen LogP) is 4.24. The fraction of sp³-hybridized carbons (Fsp3) is 0.667. The quantitative estimate of drug-likeness (QED) is 0.642. The van der Waals surface area contributed by atoms with Gasteiger partial charge in [0.15, 0.2) is 11.5 Å². The summed E-state index contributed by atoms with van der Waals surface area (Å²) in [5.74, 6) is 1.79. The fourth-order valence-electron chi connectivity index (χ4n) is 3.23. The number of nitrogens with one attached hydrogen (secondary N) is 1. The fourth-order valence-corrected chi connectivity index (χ4v) is 3.49. The van der Waals surface area contributed by atoms with Crippen molar-refractivity contribution < 1.29 is 14.3 Å². The van der Waals surface area contributed by atoms with Crippen molar-refractivity contribution in [3.05, 3.63) is 22.7 Å². The molecule has 1 fully saturated rings. The van der Waals surface area contributed by atoms with Crippen LogP contribution in [0.5, 0.6) is 11.5 Å². The molecule has 0 aliphatic carbocycles. The molecule has 1 saturated heterocycles. The van der Waals surface area contributed by atoms with Gasteiger partial charge in [0.2, 0.25) is 0 Å². The molecule has 1 N–H and O–H groups in total. The van der Waals surface area contributed by atoms with Crippen molar-refractivity contribution in [2.24, 2.45) is 11.8 Å². The lowest BCUT2D eigenvalue weighted by Gasteiger charge is -2.20. The van der Waals surface area contributed by atoms with Gasteiger partial charge in [-0.2, -0.15) is 0 Å². The van der Waals surface area contributed by atoms with Crippen LogP contribution in [0.15, 0.2) is 12.1 Å². The van der Waals surface area contributed by atoms with Gasteiger partial charge >= 0.3 is 0 Å². The second-order valence-electron chi connectivity index (χ2n) is 7.84. The molecule has 1 aliphatic rings. The maximum Gasteiger partial charge on any atom is 0.251 e. The van der Waals surface area contributed by atoms with Crippen molar-refractivity contribution in [3.8, 4) is 11.5 Å². The van der Waals surface area contributed by atoms with Gasteiger partial charge in [-0.3, -0.25) is 4.79 Å². The summed E-state index contributed by atoms with van der Waals surface area (Å²) < 4.78 is 11.2. The van der Waals surface area contributed by atoms with Crippen LogP contribution < -0.4 is 14.8 Å². The molecule has 1 aromatic carbocycles. The number of carbonyl (C=O) groups excluding carboxylic acids is 1. The molecule has 27 heavy (non-hydrogen) atoms. The molecule has 152 valence electrons. The first-order valence-electron chi connectivity index (χ1n) is 9.91. The molecule has 1 aliphatic heterocycles. The number of nitrogens with zero attached hydrogens (tertiary/aromatic N) is 1. The van der Waals surface area contributed by atoms with E-state index in [1.165, 1.54) is 25.9 Å². The van der Waals surface area contributed by atoms with Gasteiger partial charge in [0.25, 0.3) is 5.91 Å². The smallest absolute Gasteiger partial charge is 0.251 e. The summed E-state index contributed by atoms with van der Waals surface area (Å²) in [5.41, 5.74) is 0.487. The number of hydrogen-bond donors (Lipinski definition) is 1. The average molecular weight is 397 g/mol. The molecule has 5 nitrogen and oxygen atoms in total. The molecule has 2 rings (SSSR count). The van der Waals surface area contributed by atoms with Crippen LogP contribution in [0.2, 0.25) is 5.02 Å². The molecule has 0 bridgehead atoms. The Morgan fingerprint density at radius 1 is 1.26 bits per heavy atom. The number of halogens is 1. The molecular weight excluding hydrogens is 364 g/mol. The van der Waals surface area contributed by atoms with Crippen molar-refractivity contribution in [1.82, 2.24) is 10.2 Å². The highest BCUT2D eigenvalue weighted by atomic mass is 35.5. The SMILES string of the molecule is COc1cc(C(=O)NCC(C)CN2CCCC2)cc(Cl)c1OCCC(C)C. The Morgan fingerprint density at radius 2 is 1.96 bits per heavy atom. The van der Waals surface area contributed by atoms with Crippen LogP contribution in [0.25, 0.3) is 0 Å². The Balaban J connectivity index is 1.93. The van der Waals surface area contributed by atoms with E-state index in [0.29, 0.717) is 47.1 Å². The molecule has 1 amide bonds. The van der Waals surface area contributed by atoms with E-state index in [1.807, 2.05) is 0 Å². The summed E-state index contributed by atoms with van der Waals surface area (Å²) in [6.07, 6.45) is 3.49. The van der Waals surface area contributed by atoms with Gasteiger partial charge in [-0.1, -0.05) is 32.4 Å². The van der Waals surface area contributed by atoms with Gasteiger partial charge in [0.05, 0.1) is 18.7 Å². The number of carbonyl (C=O) groups is 1. The van der Waals surface area contributed by atoms with E-state index in [2.05, 4.69) is 31.0 Å². The molecule has 0 spiro atoms. The van der Waals surface area contributed by atoms with Gasteiger partial charge < -0.3 is 19.7 Å². The minimum atomic E-state index is -0.141. The Kier molecular flexibility index (Phi) is 8.71. The lowest BCUT2D eigenvalue weighted by atomic mass is 10.1. The monoisotopic (exact) mass is 396 g/mol. The van der Waals surface area contributed by atoms with Crippen LogP contribution in [0.3, 0.4) is 0 Å². The molecular formula is C21H33ClN2O3. The zero-order valence-electron chi connectivity index (χ0n) is 17.0. The van der Waals surface area contributed by atoms with Crippen LogP contribution in [0.1, 0.15) is 50.4 Å². The van der Waals surface area contributed by atoms with E-state index in [4.69, 9.17) is 21.1 Å². The lowest BCUT2D eigenvalue weighted by Crippen LogP contribution is -2.34. The van der Waals surface area contributed by atoms with Crippen molar-refractivity contribution >= 4 is 17.5 Å². The predicted molar refractivity (Wildman–Crippen MR) is 110 cm³/mol. The highest BCUT2D eigenvalue weighted by molar-refractivity contribution is 6.32. The number of ether oxygens (including phenoxy) is 2. The molecule has 0 saturated carbocycles. The normalized spacial score (nSPS) is 15.8. The van der Waals surface area contributed by atoms with Crippen LogP contribution in [-0.4, -0.2) is 50.7 Å². The zero-order valence-corrected chi connectivity index (χ0v) is 17.8. The Labute approximate surface area is 168 Å². The van der Waals surface area contributed by atoms with Gasteiger partial charge in [0.1, 0.15) is 0 Å². The minimum Gasteiger partial charge on any atom is -0.493 e. The standard InChI is InChI=1S/C21H33ClN2O3/c1-15(2)7-10-27-20-18(22)11-17(12-19(20)26-4)21(25)23-13-16(3)14-24-8-5-6-9-24/h11-12,15-16H,5-10,13-14H2,1-4H3,(H,23,25). The second-order valence-corrected chi connectivity index (χ2v) is 8.25. The molecule has 0 aromatic heterocycles. The van der Waals surface area contributed by atoms with Gasteiger partial charge in [-0.25, -0.2) is 0 Å². The number of likely N-dealkylation sites (tertiary alicyclic amines) is 1. The van der Waals surface area contributed by atoms with Crippen LogP contribution >= 0.6 is 11.6 Å². The van der Waals surface area contributed by atoms with E-state index < -0.39 is 0 Å². The Bertz CT molecular complexity index is 616. The first-order valence-corrected chi connectivity index (χ1v) is 10.3. The zero-order chi connectivity index (χ0) is 19.8. The summed E-state index contributed by atoms with van der Waals surface area (Å²) in [7, 11) is 1.56. The molecule has 0 radical (unpaired) electrons. The molecule has 6 heteroatoms. The summed E-state index contributed by atoms with van der Waals surface area (Å²) in [5, 5.41) is 3.40. The maximum atomic E-state index is 12.5. The number of rotatable bonds is 10. The van der Waals surface area contributed by atoms with Gasteiger partial charge in [-0.15, -0.1) is 0 Å². The molecule has 1 aromatic rings. The van der Waals surface area contributed by atoms with Crippen LogP contribution in [-0.2, 0) is 0 Å². The lowest BCUT2D eigenvalue weighted by molar-refractivity contribution is 0.0944. The molecule has 1 unspecified atom stereocenters. The van der Waals surface area contributed by atoms with E-state index in [0.717, 1.165) is 13.0 Å². The van der Waals surface area contributed by atoms with E-state index in [-0.39, 0.29) is 5.91 Å². The Hall–Kier alpha value is -1.46. The van der Waals surface area contributed by atoms with Crippen LogP contribution in [0.4, 0.5) is 0 Å². The third-order valence-electron chi connectivity index (χ3n) is 4.81. The average Bonchev–Trinajstić information content (AvgIpc) is 3.13. The van der Waals surface area contributed by atoms with Gasteiger partial charge in [0, 0.05) is 18.7 Å². The van der Waals surface area contributed by atoms with E-state index in [9.17, 15) is 4.79 Å². The summed E-state index contributed by atoms with van der Waals surface area (Å²) in [6, 6.07) is 3.34. The number of amides is 1. The number of methoxy groups -OCH3 is 1. The molecule has 1 atom stereocenters. The molecule has 1 heterocycles. The first-order chi connectivity index (χ1) is 12.9. The third-order valence-corrected chi connectivity index (χ3v) is 5.09. The topological polar surface area (TPSA) is 50.8 Å². The van der Waals surface area contributed by atoms with Gasteiger partial charge in [-0.05, 0) is 56.3 Å². The van der Waals surface area contributed by atoms with Crippen LogP contribution in [0, 0.1) is 11.8 Å². The first kappa shape index (κ1) is 21.8. The minimum absolute atomic E-state index is 0.141. The van der Waals surface area contributed by atoms with Crippen molar-refractivity contribution in [1.29, 1.82) is 0 Å². The van der Waals surface area contributed by atoms with Crippen molar-refractivity contribution in [2.45, 2.75) is 40.0 Å². The maximum absolute atomic E-state index is 12.5. The Morgan fingerprint density at radius 3 is 2.59 bits per heavy atom. The highest BCUT2D eigenvalue weighted by Crippen LogP contribution is 2.36. The third kappa shape index (κ3) is 6.89. The highest BCUT2D eigenvalue weighted by Gasteiger charge is 2.18. The largest absolute Gasteiger partial charge is 0.493 e. The van der Waals surface area contributed by atoms with E-state index >= 15 is 0 Å².